The van der Waals surface area contributed by atoms with Crippen molar-refractivity contribution in [3.63, 3.8) is 0 Å². The Morgan fingerprint density at radius 1 is 1.23 bits per heavy atom. The molecule has 1 aromatic carbocycles. The average Bonchev–Trinajstić information content (AvgIpc) is 2.49. The summed E-state index contributed by atoms with van der Waals surface area (Å²) in [5, 5.41) is 11.3. The third-order valence-corrected chi connectivity index (χ3v) is 2.95. The van der Waals surface area contributed by atoms with Crippen molar-refractivity contribution in [3.8, 4) is 0 Å². The van der Waals surface area contributed by atoms with Crippen LogP contribution in [0.1, 0.15) is 18.4 Å². The van der Waals surface area contributed by atoms with E-state index < -0.39 is 18.1 Å². The van der Waals surface area contributed by atoms with Gasteiger partial charge < -0.3 is 20.1 Å². The summed E-state index contributed by atoms with van der Waals surface area (Å²) in [6.45, 7) is 0.0512. The average molecular weight is 308 g/mol. The molecule has 7 heteroatoms. The number of carbonyl (C=O) groups excluding carboxylic acids is 2. The molecular weight excluding hydrogens is 288 g/mol. The van der Waals surface area contributed by atoms with Crippen LogP contribution in [-0.4, -0.2) is 48.1 Å². The molecule has 0 radical (unpaired) electrons. The van der Waals surface area contributed by atoms with Crippen LogP contribution in [0.5, 0.6) is 0 Å². The molecule has 0 aliphatic rings. The zero-order valence-electron chi connectivity index (χ0n) is 12.6. The Kier molecular flexibility index (Phi) is 6.88. The van der Waals surface area contributed by atoms with E-state index in [2.05, 4.69) is 5.32 Å². The summed E-state index contributed by atoms with van der Waals surface area (Å²) in [7, 11) is 3.17. The van der Waals surface area contributed by atoms with Gasteiger partial charge in [0.1, 0.15) is 12.6 Å². The molecule has 1 aromatic rings. The lowest BCUT2D eigenvalue weighted by molar-refractivity contribution is -0.139. The molecule has 0 spiro atoms. The van der Waals surface area contributed by atoms with Gasteiger partial charge >= 0.3 is 12.1 Å². The number of hydrogen-bond acceptors (Lipinski definition) is 4. The van der Waals surface area contributed by atoms with Gasteiger partial charge in [0, 0.05) is 20.5 Å². The molecule has 0 fully saturated rings. The highest BCUT2D eigenvalue weighted by atomic mass is 16.5. The predicted octanol–water partition coefficient (Wildman–Crippen LogP) is 1.23. The highest BCUT2D eigenvalue weighted by Crippen LogP contribution is 2.03. The summed E-state index contributed by atoms with van der Waals surface area (Å²) in [5.74, 6) is -1.41. The number of aliphatic carboxylic acids is 1. The van der Waals surface area contributed by atoms with Crippen LogP contribution >= 0.6 is 0 Å². The first-order chi connectivity index (χ1) is 10.4. The van der Waals surface area contributed by atoms with Gasteiger partial charge in [0.2, 0.25) is 5.91 Å². The van der Waals surface area contributed by atoms with Gasteiger partial charge in [0.05, 0.1) is 0 Å². The molecule has 1 atom stereocenters. The quantitative estimate of drug-likeness (QED) is 0.790. The predicted molar refractivity (Wildman–Crippen MR) is 79.1 cm³/mol. The molecule has 0 saturated carbocycles. The maximum absolute atomic E-state index is 11.6. The Hall–Kier alpha value is -2.57. The van der Waals surface area contributed by atoms with Crippen LogP contribution in [0, 0.1) is 0 Å². The van der Waals surface area contributed by atoms with Gasteiger partial charge in [0.25, 0.3) is 0 Å². The molecule has 0 bridgehead atoms. The van der Waals surface area contributed by atoms with Crippen LogP contribution in [-0.2, 0) is 20.9 Å². The normalized spacial score (nSPS) is 11.4. The van der Waals surface area contributed by atoms with E-state index >= 15 is 0 Å². The molecule has 7 nitrogen and oxygen atoms in total. The molecule has 1 unspecified atom stereocenters. The summed E-state index contributed by atoms with van der Waals surface area (Å²) in [6, 6.07) is 7.88. The second-order valence-electron chi connectivity index (χ2n) is 4.92. The fourth-order valence-corrected chi connectivity index (χ4v) is 1.66. The third-order valence-electron chi connectivity index (χ3n) is 2.95. The number of hydrogen-bond donors (Lipinski definition) is 2. The Bertz CT molecular complexity index is 516. The van der Waals surface area contributed by atoms with Crippen molar-refractivity contribution in [2.24, 2.45) is 0 Å². The molecule has 0 aliphatic carbocycles. The van der Waals surface area contributed by atoms with Gasteiger partial charge in [-0.2, -0.15) is 0 Å². The van der Waals surface area contributed by atoms with Crippen molar-refractivity contribution >= 4 is 18.0 Å². The maximum Gasteiger partial charge on any atom is 0.408 e. The maximum atomic E-state index is 11.6. The van der Waals surface area contributed by atoms with Crippen molar-refractivity contribution in [1.29, 1.82) is 0 Å². The Labute approximate surface area is 128 Å². The number of nitrogens with one attached hydrogen (secondary N) is 1. The molecule has 2 N–H and O–H groups in total. The van der Waals surface area contributed by atoms with Gasteiger partial charge in [-0.05, 0) is 12.0 Å². The standard InChI is InChI=1S/C15H20N2O5/c1-17(2)13(18)9-8-12(14(19)20)16-15(21)22-10-11-6-4-3-5-7-11/h3-7,12H,8-10H2,1-2H3,(H,16,21)(H,19,20). The van der Waals surface area contributed by atoms with E-state index in [0.29, 0.717) is 0 Å². The van der Waals surface area contributed by atoms with Crippen molar-refractivity contribution in [3.05, 3.63) is 35.9 Å². The number of carbonyl (C=O) groups is 3. The van der Waals surface area contributed by atoms with Crippen LogP contribution in [0.2, 0.25) is 0 Å². The highest BCUT2D eigenvalue weighted by molar-refractivity contribution is 5.81. The van der Waals surface area contributed by atoms with E-state index in [1.165, 1.54) is 4.90 Å². The monoisotopic (exact) mass is 308 g/mol. The molecule has 0 heterocycles. The summed E-state index contributed by atoms with van der Waals surface area (Å²) >= 11 is 0. The molecule has 120 valence electrons. The number of benzene rings is 1. The summed E-state index contributed by atoms with van der Waals surface area (Å²) in [4.78, 5) is 35.5. The van der Waals surface area contributed by atoms with Crippen molar-refractivity contribution in [1.82, 2.24) is 10.2 Å². The second-order valence-corrected chi connectivity index (χ2v) is 4.92. The molecule has 22 heavy (non-hydrogen) atoms. The molecule has 0 aromatic heterocycles. The minimum atomic E-state index is -1.21. The first kappa shape index (κ1) is 17.5. The number of ether oxygens (including phenoxy) is 1. The topological polar surface area (TPSA) is 95.9 Å². The largest absolute Gasteiger partial charge is 0.480 e. The Morgan fingerprint density at radius 3 is 2.41 bits per heavy atom. The summed E-state index contributed by atoms with van der Waals surface area (Å²) in [6.07, 6.45) is -0.788. The number of carboxylic acid groups (broad SMARTS) is 1. The first-order valence-electron chi connectivity index (χ1n) is 6.80. The Morgan fingerprint density at radius 2 is 1.86 bits per heavy atom. The smallest absolute Gasteiger partial charge is 0.408 e. The summed E-state index contributed by atoms with van der Waals surface area (Å²) < 4.78 is 4.95. The minimum Gasteiger partial charge on any atom is -0.480 e. The van der Waals surface area contributed by atoms with Crippen molar-refractivity contribution in [2.75, 3.05) is 14.1 Å². The van der Waals surface area contributed by atoms with Crippen LogP contribution in [0.4, 0.5) is 4.79 Å². The van der Waals surface area contributed by atoms with E-state index in [1.807, 2.05) is 18.2 Å². The zero-order valence-corrected chi connectivity index (χ0v) is 12.6. The number of amides is 2. The number of nitrogens with zero attached hydrogens (tertiary/aromatic N) is 1. The van der Waals surface area contributed by atoms with E-state index in [0.717, 1.165) is 5.56 Å². The van der Waals surface area contributed by atoms with E-state index in [-0.39, 0.29) is 25.4 Å². The van der Waals surface area contributed by atoms with Crippen molar-refractivity contribution in [2.45, 2.75) is 25.5 Å². The van der Waals surface area contributed by atoms with Gasteiger partial charge in [-0.15, -0.1) is 0 Å². The van der Waals surface area contributed by atoms with Crippen LogP contribution < -0.4 is 5.32 Å². The fourth-order valence-electron chi connectivity index (χ4n) is 1.66. The van der Waals surface area contributed by atoms with Crippen LogP contribution in [0.25, 0.3) is 0 Å². The lowest BCUT2D eigenvalue weighted by Crippen LogP contribution is -2.41. The first-order valence-corrected chi connectivity index (χ1v) is 6.80. The van der Waals surface area contributed by atoms with Gasteiger partial charge in [-0.1, -0.05) is 30.3 Å². The van der Waals surface area contributed by atoms with Gasteiger partial charge in [-0.3, -0.25) is 4.79 Å². The molecule has 1 rings (SSSR count). The number of rotatable bonds is 7. The SMILES string of the molecule is CN(C)C(=O)CCC(NC(=O)OCc1ccccc1)C(=O)O. The lowest BCUT2D eigenvalue weighted by atomic mass is 10.1. The molecular formula is C15H20N2O5. The second kappa shape index (κ2) is 8.66. The van der Waals surface area contributed by atoms with Gasteiger partial charge in [0.15, 0.2) is 0 Å². The van der Waals surface area contributed by atoms with Gasteiger partial charge in [-0.25, -0.2) is 9.59 Å². The molecule has 0 saturated heterocycles. The Balaban J connectivity index is 2.43. The number of carboxylic acids is 1. The third kappa shape index (κ3) is 6.25. The zero-order chi connectivity index (χ0) is 16.5. The van der Waals surface area contributed by atoms with E-state index in [1.54, 1.807) is 26.2 Å². The van der Waals surface area contributed by atoms with Crippen LogP contribution in [0.15, 0.2) is 30.3 Å². The lowest BCUT2D eigenvalue weighted by Gasteiger charge is -2.16. The van der Waals surface area contributed by atoms with Crippen molar-refractivity contribution < 1.29 is 24.2 Å². The molecule has 0 aliphatic heterocycles. The van der Waals surface area contributed by atoms with Crippen LogP contribution in [0.3, 0.4) is 0 Å². The fraction of sp³-hybridized carbons (Fsp3) is 0.400. The number of alkyl carbamates (subject to hydrolysis) is 1. The van der Waals surface area contributed by atoms with E-state index in [4.69, 9.17) is 9.84 Å². The van der Waals surface area contributed by atoms with E-state index in [9.17, 15) is 14.4 Å². The highest BCUT2D eigenvalue weighted by Gasteiger charge is 2.22. The minimum absolute atomic E-state index is 0.00673. The summed E-state index contributed by atoms with van der Waals surface area (Å²) in [5.41, 5.74) is 0.798. The molecule has 2 amide bonds.